The van der Waals surface area contributed by atoms with Crippen molar-refractivity contribution in [3.05, 3.63) is 112 Å². The Hall–Kier alpha value is -4.56. The van der Waals surface area contributed by atoms with Crippen LogP contribution in [0.25, 0.3) is 22.3 Å². The zero-order valence-corrected chi connectivity index (χ0v) is 26.9. The standard InChI is InChI=1S/C32H27ClFN7O3S2/c1-41(11-12-46(42,43)31-7-2-3-10-35-31)17-30-40-28(19-45-30)26-15-24-27(16-36-26)37-20-38-32(24)39-23-8-9-29(25(33)14-23)44-18-21-5-4-6-22(34)13-21/h2-10,13-16,19-20H,11-12,17-18H2,1H3,(H,37,38,39). The fourth-order valence-corrected chi connectivity index (χ4v) is 6.91. The third-order valence-electron chi connectivity index (χ3n) is 6.92. The van der Waals surface area contributed by atoms with Crippen molar-refractivity contribution in [3.63, 3.8) is 0 Å². The molecule has 234 valence electrons. The van der Waals surface area contributed by atoms with Crippen molar-refractivity contribution in [3.8, 4) is 17.1 Å². The van der Waals surface area contributed by atoms with Crippen molar-refractivity contribution in [1.82, 2.24) is 29.8 Å². The lowest BCUT2D eigenvalue weighted by Gasteiger charge is -2.14. The number of sulfone groups is 1. The Balaban J connectivity index is 1.13. The van der Waals surface area contributed by atoms with Crippen LogP contribution in [0.4, 0.5) is 15.9 Å². The second-order valence-corrected chi connectivity index (χ2v) is 13.8. The maximum absolute atomic E-state index is 13.5. The minimum absolute atomic E-state index is 0.0450. The van der Waals surface area contributed by atoms with E-state index in [-0.39, 0.29) is 23.2 Å². The molecule has 0 aliphatic rings. The number of nitrogens with one attached hydrogen (secondary N) is 1. The molecule has 6 aromatic rings. The summed E-state index contributed by atoms with van der Waals surface area (Å²) in [5.74, 6) is 0.655. The van der Waals surface area contributed by atoms with Crippen LogP contribution in [0.2, 0.25) is 5.02 Å². The molecule has 2 aromatic carbocycles. The Labute approximate surface area is 273 Å². The summed E-state index contributed by atoms with van der Waals surface area (Å²) in [6, 6.07) is 18.2. The number of hydrogen-bond donors (Lipinski definition) is 1. The van der Waals surface area contributed by atoms with Crippen LogP contribution in [0.15, 0.2) is 95.9 Å². The summed E-state index contributed by atoms with van der Waals surface area (Å²) in [7, 11) is -1.62. The Kier molecular flexibility index (Phi) is 9.45. The largest absolute Gasteiger partial charge is 0.487 e. The molecule has 0 unspecified atom stereocenters. The van der Waals surface area contributed by atoms with Crippen molar-refractivity contribution in [2.45, 2.75) is 18.2 Å². The number of aromatic nitrogens is 5. The van der Waals surface area contributed by atoms with E-state index in [4.69, 9.17) is 21.3 Å². The van der Waals surface area contributed by atoms with E-state index < -0.39 is 9.84 Å². The molecule has 14 heteroatoms. The van der Waals surface area contributed by atoms with Gasteiger partial charge in [-0.3, -0.25) is 9.88 Å². The predicted molar refractivity (Wildman–Crippen MR) is 177 cm³/mol. The highest BCUT2D eigenvalue weighted by Crippen LogP contribution is 2.32. The van der Waals surface area contributed by atoms with Crippen molar-refractivity contribution in [2.24, 2.45) is 0 Å². The van der Waals surface area contributed by atoms with Crippen molar-refractivity contribution >= 4 is 55.2 Å². The molecule has 1 N–H and O–H groups in total. The van der Waals surface area contributed by atoms with E-state index in [0.29, 0.717) is 57.8 Å². The fourth-order valence-electron chi connectivity index (χ4n) is 4.54. The first-order valence-electron chi connectivity index (χ1n) is 14.1. The van der Waals surface area contributed by atoms with Gasteiger partial charge in [-0.15, -0.1) is 11.3 Å². The molecule has 0 fully saturated rings. The van der Waals surface area contributed by atoms with Crippen molar-refractivity contribution < 1.29 is 17.5 Å². The third-order valence-corrected chi connectivity index (χ3v) is 9.64. The molecule has 0 bridgehead atoms. The molecule has 46 heavy (non-hydrogen) atoms. The van der Waals surface area contributed by atoms with Gasteiger partial charge in [0.05, 0.1) is 40.4 Å². The smallest absolute Gasteiger partial charge is 0.196 e. The second-order valence-electron chi connectivity index (χ2n) is 10.3. The van der Waals surface area contributed by atoms with Crippen LogP contribution in [0, 0.1) is 5.82 Å². The van der Waals surface area contributed by atoms with Gasteiger partial charge in [0, 0.05) is 29.2 Å². The molecule has 10 nitrogen and oxygen atoms in total. The molecule has 0 aliphatic carbocycles. The third kappa shape index (κ3) is 7.62. The topological polar surface area (TPSA) is 123 Å². The maximum Gasteiger partial charge on any atom is 0.196 e. The Morgan fingerprint density at radius 3 is 2.70 bits per heavy atom. The van der Waals surface area contributed by atoms with Crippen LogP contribution < -0.4 is 10.1 Å². The Bertz CT molecular complexity index is 2100. The summed E-state index contributed by atoms with van der Waals surface area (Å²) in [5, 5.41) is 7.24. The van der Waals surface area contributed by atoms with Gasteiger partial charge in [-0.1, -0.05) is 29.8 Å². The van der Waals surface area contributed by atoms with Gasteiger partial charge in [-0.25, -0.2) is 32.7 Å². The minimum Gasteiger partial charge on any atom is -0.487 e. The second kappa shape index (κ2) is 13.8. The molecule has 4 heterocycles. The lowest BCUT2D eigenvalue weighted by molar-refractivity contribution is 0.306. The van der Waals surface area contributed by atoms with Gasteiger partial charge in [0.1, 0.15) is 35.3 Å². The summed E-state index contributed by atoms with van der Waals surface area (Å²) >= 11 is 7.97. The number of ether oxygens (including phenoxy) is 1. The van der Waals surface area contributed by atoms with E-state index in [2.05, 4.69) is 25.3 Å². The van der Waals surface area contributed by atoms with E-state index in [1.54, 1.807) is 42.6 Å². The minimum atomic E-state index is -3.47. The molecule has 0 atom stereocenters. The van der Waals surface area contributed by atoms with E-state index >= 15 is 0 Å². The van der Waals surface area contributed by atoms with Crippen LogP contribution in [0.5, 0.6) is 5.75 Å². The van der Waals surface area contributed by atoms with Crippen LogP contribution >= 0.6 is 22.9 Å². The van der Waals surface area contributed by atoms with Gasteiger partial charge >= 0.3 is 0 Å². The summed E-state index contributed by atoms with van der Waals surface area (Å²) < 4.78 is 44.5. The number of nitrogens with zero attached hydrogens (tertiary/aromatic N) is 6. The zero-order valence-electron chi connectivity index (χ0n) is 24.5. The van der Waals surface area contributed by atoms with Crippen LogP contribution in [-0.4, -0.2) is 57.6 Å². The van der Waals surface area contributed by atoms with Gasteiger partial charge in [0.25, 0.3) is 0 Å². The molecule has 6 rings (SSSR count). The van der Waals surface area contributed by atoms with E-state index in [9.17, 15) is 12.8 Å². The van der Waals surface area contributed by atoms with Crippen molar-refractivity contribution in [2.75, 3.05) is 24.7 Å². The summed E-state index contributed by atoms with van der Waals surface area (Å²) in [4.78, 5) is 24.0. The van der Waals surface area contributed by atoms with Gasteiger partial charge < -0.3 is 10.1 Å². The first kappa shape index (κ1) is 31.4. The number of benzene rings is 2. The van der Waals surface area contributed by atoms with E-state index in [0.717, 1.165) is 10.4 Å². The summed E-state index contributed by atoms with van der Waals surface area (Å²) in [6.45, 7) is 0.992. The monoisotopic (exact) mass is 675 g/mol. The first-order valence-corrected chi connectivity index (χ1v) is 17.0. The Morgan fingerprint density at radius 1 is 1.00 bits per heavy atom. The number of pyridine rings is 2. The van der Waals surface area contributed by atoms with E-state index in [1.807, 2.05) is 29.5 Å². The lowest BCUT2D eigenvalue weighted by atomic mass is 10.2. The molecular weight excluding hydrogens is 649 g/mol. The van der Waals surface area contributed by atoms with Crippen LogP contribution in [0.3, 0.4) is 0 Å². The van der Waals surface area contributed by atoms with Gasteiger partial charge in [0.2, 0.25) is 0 Å². The average Bonchev–Trinajstić information content (AvgIpc) is 3.52. The SMILES string of the molecule is CN(CCS(=O)(=O)c1ccccn1)Cc1nc(-c2cc3c(Nc4ccc(OCc5cccc(F)c5)c(Cl)c4)ncnc3cn2)cs1. The van der Waals surface area contributed by atoms with Crippen molar-refractivity contribution in [1.29, 1.82) is 0 Å². The maximum atomic E-state index is 13.5. The van der Waals surface area contributed by atoms with E-state index in [1.165, 1.54) is 42.1 Å². The number of hydrogen-bond acceptors (Lipinski definition) is 11. The normalized spacial score (nSPS) is 11.7. The highest BCUT2D eigenvalue weighted by molar-refractivity contribution is 7.91. The number of halogens is 2. The molecular formula is C32H27ClFN7O3S2. The number of rotatable bonds is 12. The molecule has 0 amide bonds. The number of thiazole rings is 1. The van der Waals surface area contributed by atoms with Crippen LogP contribution in [0.1, 0.15) is 10.6 Å². The van der Waals surface area contributed by atoms with Gasteiger partial charge in [0.15, 0.2) is 14.9 Å². The number of anilines is 2. The lowest BCUT2D eigenvalue weighted by Crippen LogP contribution is -2.25. The molecule has 0 aliphatic heterocycles. The quantitative estimate of drug-likeness (QED) is 0.152. The summed E-state index contributed by atoms with van der Waals surface area (Å²) in [6.07, 6.45) is 4.60. The highest BCUT2D eigenvalue weighted by atomic mass is 35.5. The zero-order chi connectivity index (χ0) is 32.1. The summed E-state index contributed by atoms with van der Waals surface area (Å²) in [5.41, 5.74) is 3.36. The molecule has 0 spiro atoms. The highest BCUT2D eigenvalue weighted by Gasteiger charge is 2.18. The molecule has 0 saturated carbocycles. The van der Waals surface area contributed by atoms with Gasteiger partial charge in [-0.2, -0.15) is 0 Å². The average molecular weight is 676 g/mol. The predicted octanol–water partition coefficient (Wildman–Crippen LogP) is 6.56. The fraction of sp³-hybridized carbons (Fsp3) is 0.156. The molecule has 4 aromatic heterocycles. The molecule has 0 saturated heterocycles. The van der Waals surface area contributed by atoms with Gasteiger partial charge in [-0.05, 0) is 61.1 Å². The Morgan fingerprint density at radius 2 is 1.89 bits per heavy atom. The first-order chi connectivity index (χ1) is 22.2. The molecule has 0 radical (unpaired) electrons. The number of fused-ring (bicyclic) bond motifs is 1. The van der Waals surface area contributed by atoms with Crippen LogP contribution in [-0.2, 0) is 23.0 Å².